The molecule has 13 heavy (non-hydrogen) atoms. The van der Waals surface area contributed by atoms with Gasteiger partial charge >= 0.3 is 79.5 Å². The van der Waals surface area contributed by atoms with Crippen LogP contribution in [-0.4, -0.2) is 0 Å². The summed E-state index contributed by atoms with van der Waals surface area (Å²) in [5.41, 5.74) is 4.87. The van der Waals surface area contributed by atoms with Gasteiger partial charge in [-0.1, -0.05) is 0 Å². The van der Waals surface area contributed by atoms with Crippen molar-refractivity contribution in [2.45, 2.75) is 34.6 Å². The molecule has 0 saturated carbocycles. The van der Waals surface area contributed by atoms with Crippen LogP contribution in [0.2, 0.25) is 0 Å². The van der Waals surface area contributed by atoms with Crippen molar-refractivity contribution in [1.82, 2.24) is 0 Å². The van der Waals surface area contributed by atoms with Gasteiger partial charge in [0.15, 0.2) is 0 Å². The Bertz CT molecular complexity index is 236. The van der Waals surface area contributed by atoms with Gasteiger partial charge in [0.1, 0.15) is 0 Å². The zero-order valence-electron chi connectivity index (χ0n) is 8.61. The van der Waals surface area contributed by atoms with Crippen LogP contribution in [0.5, 0.6) is 0 Å². The maximum atomic E-state index is 2.31. The fraction of sp³-hybridized carbons (Fsp3) is 0.600. The summed E-state index contributed by atoms with van der Waals surface area (Å²) in [5, 5.41) is 0. The van der Waals surface area contributed by atoms with Gasteiger partial charge in [-0.15, -0.1) is 0 Å². The normalized spacial score (nSPS) is 19.8. The molecule has 0 aromatic carbocycles. The molecule has 0 unspecified atom stereocenters. The molecule has 0 saturated heterocycles. The van der Waals surface area contributed by atoms with Crippen LogP contribution in [-0.2, 0) is 18.6 Å². The van der Waals surface area contributed by atoms with Crippen molar-refractivity contribution < 1.29 is 28.0 Å². The molecule has 1 aliphatic rings. The fourth-order valence-electron chi connectivity index (χ4n) is 1.54. The van der Waals surface area contributed by atoms with Crippen LogP contribution in [0.4, 0.5) is 0 Å². The van der Waals surface area contributed by atoms with E-state index in [2.05, 4.69) is 34.6 Å². The first-order valence-electron chi connectivity index (χ1n) is 3.93. The Balaban J connectivity index is 0. The molecule has 0 radical (unpaired) electrons. The van der Waals surface area contributed by atoms with Gasteiger partial charge in [0.2, 0.25) is 0 Å². The van der Waals surface area contributed by atoms with Crippen LogP contribution in [0.25, 0.3) is 0 Å². The quantitative estimate of drug-likeness (QED) is 0.436. The summed E-state index contributed by atoms with van der Waals surface area (Å²) in [7, 11) is 0. The van der Waals surface area contributed by atoms with Crippen LogP contribution in [0.1, 0.15) is 34.6 Å². The molecule has 0 N–H and O–H groups in total. The molecular weight excluding hydrogens is 348 g/mol. The minimum Gasteiger partial charge on any atom is -1.00 e. The van der Waals surface area contributed by atoms with Gasteiger partial charge in [-0.05, 0) is 0 Å². The van der Waals surface area contributed by atoms with Crippen molar-refractivity contribution in [2.75, 3.05) is 0 Å². The molecule has 0 aromatic rings. The van der Waals surface area contributed by atoms with E-state index in [1.807, 2.05) is 18.6 Å². The summed E-state index contributed by atoms with van der Waals surface area (Å²) in [5.74, 6) is 0. The molecule has 0 amide bonds. The van der Waals surface area contributed by atoms with E-state index in [1.54, 1.807) is 9.70 Å². The van der Waals surface area contributed by atoms with Crippen LogP contribution >= 0.6 is 0 Å². The van der Waals surface area contributed by atoms with Crippen molar-refractivity contribution >= 4 is 0 Å². The zero-order chi connectivity index (χ0) is 8.81. The Morgan fingerprint density at radius 3 is 1.38 bits per heavy atom. The van der Waals surface area contributed by atoms with Crippen molar-refractivity contribution in [3.63, 3.8) is 0 Å². The Morgan fingerprint density at radius 2 is 1.31 bits per heavy atom. The predicted octanol–water partition coefficient (Wildman–Crippen LogP) is -2.81. The summed E-state index contributed by atoms with van der Waals surface area (Å²) in [6, 6.07) is 0. The van der Waals surface area contributed by atoms with Crippen molar-refractivity contribution in [3.8, 4) is 0 Å². The van der Waals surface area contributed by atoms with Gasteiger partial charge in [-0.2, -0.15) is 0 Å². The van der Waals surface area contributed by atoms with E-state index in [9.17, 15) is 0 Å². The van der Waals surface area contributed by atoms with E-state index in [4.69, 9.17) is 0 Å². The molecule has 1 aliphatic carbocycles. The first-order valence-corrected chi connectivity index (χ1v) is 5.20. The van der Waals surface area contributed by atoms with Gasteiger partial charge in [-0.25, -0.2) is 0 Å². The first kappa shape index (κ1) is 15.4. The second-order valence-electron chi connectivity index (χ2n) is 3.80. The van der Waals surface area contributed by atoms with Gasteiger partial charge < -0.3 is 9.41 Å². The maximum absolute atomic E-state index is 2.31. The molecule has 77 valence electrons. The molecule has 0 nitrogen and oxygen atoms in total. The van der Waals surface area contributed by atoms with Gasteiger partial charge in [-0.3, -0.25) is 0 Å². The number of halogens is 2. The van der Waals surface area contributed by atoms with Crippen LogP contribution in [0.3, 0.4) is 0 Å². The summed E-state index contributed by atoms with van der Waals surface area (Å²) in [6.07, 6.45) is 0. The number of allylic oxidation sites excluding steroid dienone is 4. The number of hydrogen-bond donors (Lipinski definition) is 0. The molecule has 3 heteroatoms. The minimum absolute atomic E-state index is 0. The Morgan fingerprint density at radius 1 is 0.923 bits per heavy atom. The van der Waals surface area contributed by atoms with Crippen molar-refractivity contribution in [3.05, 3.63) is 20.8 Å². The molecule has 0 aliphatic heterocycles. The summed E-state index contributed by atoms with van der Waals surface area (Å²) >= 11 is 2.04. The van der Waals surface area contributed by atoms with E-state index in [1.165, 1.54) is 11.1 Å². The molecule has 0 atom stereocenters. The topological polar surface area (TPSA) is 0 Å². The van der Waals surface area contributed by atoms with Crippen LogP contribution in [0, 0.1) is 5.41 Å². The molecule has 0 aromatic heterocycles. The first-order chi connectivity index (χ1) is 4.89. The largest absolute Gasteiger partial charge is 1.00 e. The third kappa shape index (κ3) is 2.07. The molecular formula is C10H15F2Os. The summed E-state index contributed by atoms with van der Waals surface area (Å²) < 4.78 is 1.56. The summed E-state index contributed by atoms with van der Waals surface area (Å²) in [4.78, 5) is 0. The summed E-state index contributed by atoms with van der Waals surface area (Å²) in [6.45, 7) is 11.3. The van der Waals surface area contributed by atoms with E-state index in [0.717, 1.165) is 0 Å². The average Bonchev–Trinajstić information content (AvgIpc) is 2.06. The van der Waals surface area contributed by atoms with E-state index in [0.29, 0.717) is 5.41 Å². The SMILES string of the molecule is CC1=C(C)C(C)(C)[C]([Os+2])=C1C.[F-].[F-]. The molecule has 1 rings (SSSR count). The third-order valence-electron chi connectivity index (χ3n) is 2.92. The monoisotopic (exact) mass is 365 g/mol. The minimum atomic E-state index is 0. The molecule has 0 bridgehead atoms. The Hall–Kier alpha value is -0.0236. The second kappa shape index (κ2) is 4.47. The molecule has 0 fully saturated rings. The predicted molar refractivity (Wildman–Crippen MR) is 44.9 cm³/mol. The van der Waals surface area contributed by atoms with E-state index in [-0.39, 0.29) is 9.41 Å². The van der Waals surface area contributed by atoms with Crippen molar-refractivity contribution in [2.24, 2.45) is 5.41 Å². The van der Waals surface area contributed by atoms with Gasteiger partial charge in [0.25, 0.3) is 0 Å². The smallest absolute Gasteiger partial charge is 1.00 e. The van der Waals surface area contributed by atoms with E-state index >= 15 is 0 Å². The third-order valence-corrected chi connectivity index (χ3v) is 5.46. The molecule has 0 spiro atoms. The standard InChI is InChI=1S/C10H15.2FH.Os/c1-7-6-10(4,5)9(3)8(7)2;;;/h1-5H3;2*1H;/q;;;+2/p-2. The average molecular weight is 363 g/mol. The zero-order valence-corrected chi connectivity index (χ0v) is 11.1. The Labute approximate surface area is 89.1 Å². The Kier molecular flexibility index (Phi) is 5.31. The van der Waals surface area contributed by atoms with Crippen molar-refractivity contribution in [1.29, 1.82) is 0 Å². The maximum Gasteiger partial charge on any atom is -1.00 e. The number of hydrogen-bond acceptors (Lipinski definition) is 0. The van der Waals surface area contributed by atoms with E-state index < -0.39 is 0 Å². The fourth-order valence-corrected chi connectivity index (χ4v) is 2.49. The number of rotatable bonds is 0. The van der Waals surface area contributed by atoms with Gasteiger partial charge in [0.05, 0.1) is 0 Å². The van der Waals surface area contributed by atoms with Gasteiger partial charge in [0, 0.05) is 0 Å². The van der Waals surface area contributed by atoms with Crippen LogP contribution in [0.15, 0.2) is 20.8 Å². The molecule has 0 heterocycles. The van der Waals surface area contributed by atoms with Crippen LogP contribution < -0.4 is 9.41 Å². The second-order valence-corrected chi connectivity index (χ2v) is 5.07.